The Morgan fingerprint density at radius 2 is 1.76 bits per heavy atom. The van der Waals surface area contributed by atoms with Gasteiger partial charge in [0.1, 0.15) is 11.6 Å². The van der Waals surface area contributed by atoms with E-state index in [1.54, 1.807) is 35.2 Å². The lowest BCUT2D eigenvalue weighted by molar-refractivity contribution is 0.0744. The predicted octanol–water partition coefficient (Wildman–Crippen LogP) is 4.53. The number of hydrogen-bond donors (Lipinski definition) is 0. The number of aromatic nitrogens is 2. The summed E-state index contributed by atoms with van der Waals surface area (Å²) in [5.41, 5.74) is 1.07. The maximum atomic E-state index is 14.4. The number of piperazine rings is 1. The van der Waals surface area contributed by atoms with E-state index in [0.29, 0.717) is 55.7 Å². The molecule has 0 saturated carbocycles. The lowest BCUT2D eigenvalue weighted by atomic mass is 10.0. The molecular formula is C26H25FN4O2. The van der Waals surface area contributed by atoms with Crippen LogP contribution in [0.15, 0.2) is 73.1 Å². The Bertz CT molecular complexity index is 1290. The molecule has 1 aliphatic heterocycles. The fourth-order valence-electron chi connectivity index (χ4n) is 4.38. The highest BCUT2D eigenvalue weighted by Crippen LogP contribution is 2.30. The van der Waals surface area contributed by atoms with Gasteiger partial charge < -0.3 is 14.5 Å². The van der Waals surface area contributed by atoms with Crippen LogP contribution in [0.4, 0.5) is 10.3 Å². The zero-order chi connectivity index (χ0) is 22.8. The average molecular weight is 445 g/mol. The zero-order valence-electron chi connectivity index (χ0n) is 18.4. The van der Waals surface area contributed by atoms with Gasteiger partial charge in [0.15, 0.2) is 0 Å². The minimum Gasteiger partial charge on any atom is -0.493 e. The van der Waals surface area contributed by atoms with Gasteiger partial charge in [0.25, 0.3) is 5.91 Å². The smallest absolute Gasteiger partial charge is 0.258 e. The van der Waals surface area contributed by atoms with Crippen molar-refractivity contribution in [1.29, 1.82) is 0 Å². The van der Waals surface area contributed by atoms with Crippen LogP contribution in [0.1, 0.15) is 17.3 Å². The second-order valence-corrected chi connectivity index (χ2v) is 7.92. The maximum absolute atomic E-state index is 14.4. The Morgan fingerprint density at radius 3 is 2.55 bits per heavy atom. The van der Waals surface area contributed by atoms with Gasteiger partial charge in [-0.3, -0.25) is 9.36 Å². The van der Waals surface area contributed by atoms with Crippen molar-refractivity contribution in [1.82, 2.24) is 14.5 Å². The first-order valence-corrected chi connectivity index (χ1v) is 11.1. The van der Waals surface area contributed by atoms with Crippen molar-refractivity contribution in [3.05, 3.63) is 84.4 Å². The normalized spacial score (nSPS) is 14.0. The number of carbonyl (C=O) groups excluding carboxylic acids is 1. The Morgan fingerprint density at radius 1 is 1.00 bits per heavy atom. The van der Waals surface area contributed by atoms with Crippen LogP contribution >= 0.6 is 0 Å². The molecule has 168 valence electrons. The standard InChI is InChI=1S/C26H25FN4O2/c1-2-33-23-12-11-19-7-3-4-8-20(19)24(23)25(32)29-15-17-30(18-16-29)26-28-13-14-31(26)22-10-6-5-9-21(22)27/h3-14H,2,15-18H2,1H3. The van der Waals surface area contributed by atoms with Crippen LogP contribution in [0.25, 0.3) is 16.5 Å². The Balaban J connectivity index is 1.38. The number of anilines is 1. The molecule has 33 heavy (non-hydrogen) atoms. The number of benzene rings is 3. The van der Waals surface area contributed by atoms with E-state index in [4.69, 9.17) is 4.74 Å². The lowest BCUT2D eigenvalue weighted by Gasteiger charge is -2.36. The monoisotopic (exact) mass is 444 g/mol. The summed E-state index contributed by atoms with van der Waals surface area (Å²) in [4.78, 5) is 22.0. The first kappa shape index (κ1) is 21.0. The van der Waals surface area contributed by atoms with Crippen LogP contribution in [-0.4, -0.2) is 53.1 Å². The second kappa shape index (κ2) is 8.94. The average Bonchev–Trinajstić information content (AvgIpc) is 3.34. The molecule has 0 N–H and O–H groups in total. The Hall–Kier alpha value is -3.87. The molecule has 1 saturated heterocycles. The molecule has 2 heterocycles. The zero-order valence-corrected chi connectivity index (χ0v) is 18.4. The van der Waals surface area contributed by atoms with E-state index in [9.17, 15) is 9.18 Å². The lowest BCUT2D eigenvalue weighted by Crippen LogP contribution is -2.49. The summed E-state index contributed by atoms with van der Waals surface area (Å²) in [6.45, 7) is 4.69. The second-order valence-electron chi connectivity index (χ2n) is 7.92. The summed E-state index contributed by atoms with van der Waals surface area (Å²) in [5.74, 6) is 0.948. The molecule has 3 aromatic carbocycles. The molecule has 5 rings (SSSR count). The number of imidazole rings is 1. The first-order valence-electron chi connectivity index (χ1n) is 11.1. The maximum Gasteiger partial charge on any atom is 0.258 e. The molecule has 4 aromatic rings. The third-order valence-corrected chi connectivity index (χ3v) is 5.99. The van der Waals surface area contributed by atoms with Crippen molar-refractivity contribution in [3.63, 3.8) is 0 Å². The van der Waals surface area contributed by atoms with E-state index in [1.807, 2.05) is 48.2 Å². The van der Waals surface area contributed by atoms with Crippen LogP contribution < -0.4 is 9.64 Å². The molecule has 6 nitrogen and oxygen atoms in total. The molecule has 0 atom stereocenters. The van der Waals surface area contributed by atoms with Crippen molar-refractivity contribution in [2.45, 2.75) is 6.92 Å². The quantitative estimate of drug-likeness (QED) is 0.454. The van der Waals surface area contributed by atoms with Crippen LogP contribution in [0.3, 0.4) is 0 Å². The van der Waals surface area contributed by atoms with Crippen molar-refractivity contribution in [2.75, 3.05) is 37.7 Å². The van der Waals surface area contributed by atoms with Gasteiger partial charge in [-0.25, -0.2) is 9.37 Å². The molecule has 7 heteroatoms. The Labute approximate surface area is 191 Å². The van der Waals surface area contributed by atoms with Crippen LogP contribution in [0.2, 0.25) is 0 Å². The largest absolute Gasteiger partial charge is 0.493 e. The molecule has 0 spiro atoms. The summed E-state index contributed by atoms with van der Waals surface area (Å²) >= 11 is 0. The number of nitrogens with zero attached hydrogens (tertiary/aromatic N) is 4. The molecule has 0 bridgehead atoms. The van der Waals surface area contributed by atoms with E-state index < -0.39 is 0 Å². The molecule has 1 amide bonds. The fraction of sp³-hybridized carbons (Fsp3) is 0.231. The molecule has 1 aromatic heterocycles. The minimum absolute atomic E-state index is 0.0349. The number of ether oxygens (including phenoxy) is 1. The van der Waals surface area contributed by atoms with Gasteiger partial charge in [-0.2, -0.15) is 0 Å². The summed E-state index contributed by atoms with van der Waals surface area (Å²) in [6, 6.07) is 18.4. The summed E-state index contributed by atoms with van der Waals surface area (Å²) in [7, 11) is 0. The number of halogens is 1. The van der Waals surface area contributed by atoms with Gasteiger partial charge in [0.2, 0.25) is 5.95 Å². The first-order chi connectivity index (χ1) is 16.2. The number of amides is 1. The SMILES string of the molecule is CCOc1ccc2ccccc2c1C(=O)N1CCN(c2nccn2-c2ccccc2F)CC1. The highest BCUT2D eigenvalue weighted by atomic mass is 19.1. The molecule has 0 radical (unpaired) electrons. The van der Waals surface area contributed by atoms with Gasteiger partial charge in [0.05, 0.1) is 17.9 Å². The van der Waals surface area contributed by atoms with Gasteiger partial charge in [0, 0.05) is 38.6 Å². The molecule has 1 fully saturated rings. The van der Waals surface area contributed by atoms with Crippen LogP contribution in [0.5, 0.6) is 5.75 Å². The van der Waals surface area contributed by atoms with Gasteiger partial charge in [-0.1, -0.05) is 42.5 Å². The van der Waals surface area contributed by atoms with Gasteiger partial charge in [-0.05, 0) is 35.9 Å². The minimum atomic E-state index is -0.301. The van der Waals surface area contributed by atoms with Crippen LogP contribution in [0, 0.1) is 5.82 Å². The summed E-state index contributed by atoms with van der Waals surface area (Å²) in [5, 5.41) is 1.90. The van der Waals surface area contributed by atoms with Gasteiger partial charge in [-0.15, -0.1) is 0 Å². The third kappa shape index (κ3) is 3.91. The van der Waals surface area contributed by atoms with Crippen LogP contribution in [-0.2, 0) is 0 Å². The predicted molar refractivity (Wildman–Crippen MR) is 127 cm³/mol. The van der Waals surface area contributed by atoms with E-state index >= 15 is 0 Å². The molecule has 1 aliphatic rings. The fourth-order valence-corrected chi connectivity index (χ4v) is 4.38. The van der Waals surface area contributed by atoms with E-state index in [-0.39, 0.29) is 11.7 Å². The van der Waals surface area contributed by atoms with E-state index in [0.717, 1.165) is 10.8 Å². The molecule has 0 aliphatic carbocycles. The molecule has 0 unspecified atom stereocenters. The number of fused-ring (bicyclic) bond motifs is 1. The third-order valence-electron chi connectivity index (χ3n) is 5.99. The number of carbonyl (C=O) groups is 1. The summed E-state index contributed by atoms with van der Waals surface area (Å²) in [6.07, 6.45) is 3.43. The van der Waals surface area contributed by atoms with Crippen molar-refractivity contribution < 1.29 is 13.9 Å². The summed E-state index contributed by atoms with van der Waals surface area (Å²) < 4.78 is 21.9. The highest BCUT2D eigenvalue weighted by molar-refractivity contribution is 6.09. The molecular weight excluding hydrogens is 419 g/mol. The number of hydrogen-bond acceptors (Lipinski definition) is 4. The van der Waals surface area contributed by atoms with Gasteiger partial charge >= 0.3 is 0 Å². The number of para-hydroxylation sites is 1. The van der Waals surface area contributed by atoms with Crippen molar-refractivity contribution in [3.8, 4) is 11.4 Å². The van der Waals surface area contributed by atoms with E-state index in [2.05, 4.69) is 9.88 Å². The number of rotatable bonds is 5. The Kier molecular flexibility index (Phi) is 5.69. The topological polar surface area (TPSA) is 50.6 Å². The van der Waals surface area contributed by atoms with Crippen molar-refractivity contribution in [2.24, 2.45) is 0 Å². The van der Waals surface area contributed by atoms with Crippen molar-refractivity contribution >= 4 is 22.6 Å². The highest BCUT2D eigenvalue weighted by Gasteiger charge is 2.28. The van der Waals surface area contributed by atoms with E-state index in [1.165, 1.54) is 6.07 Å².